The average molecular weight is 344 g/mol. The van der Waals surface area contributed by atoms with E-state index in [2.05, 4.69) is 0 Å². The number of quaternary nitrogens is 1. The fourth-order valence-electron chi connectivity index (χ4n) is 1.46. The summed E-state index contributed by atoms with van der Waals surface area (Å²) < 4.78 is 101. The van der Waals surface area contributed by atoms with Crippen LogP contribution in [-0.4, -0.2) is 63.4 Å². The van der Waals surface area contributed by atoms with Crippen LogP contribution in [0.5, 0.6) is 0 Å². The summed E-state index contributed by atoms with van der Waals surface area (Å²) in [7, 11) is -0.371. The van der Waals surface area contributed by atoms with Gasteiger partial charge in [-0.05, 0) is 12.8 Å². The smallest absolute Gasteiger partial charge is 0.331 e. The Labute approximate surface area is 120 Å². The van der Waals surface area contributed by atoms with E-state index in [0.29, 0.717) is 11.0 Å². The zero-order valence-corrected chi connectivity index (χ0v) is 13.1. The largest absolute Gasteiger partial charge is 0.413 e. The van der Waals surface area contributed by atoms with Crippen molar-refractivity contribution < 1.29 is 39.2 Å². The molecule has 0 bridgehead atoms. The maximum Gasteiger partial charge on any atom is 0.413 e. The molecular weight excluding hydrogens is 324 g/mol. The molecule has 0 aliphatic heterocycles. The van der Waals surface area contributed by atoms with Gasteiger partial charge in [0.2, 0.25) is 9.84 Å². The van der Waals surface area contributed by atoms with Gasteiger partial charge in [-0.25, -0.2) is 8.42 Å². The van der Waals surface area contributed by atoms with Gasteiger partial charge < -0.3 is 4.48 Å². The van der Waals surface area contributed by atoms with E-state index in [0.717, 1.165) is 0 Å². The highest BCUT2D eigenvalue weighted by Gasteiger charge is 2.74. The lowest BCUT2D eigenvalue weighted by molar-refractivity contribution is -0.870. The third-order valence-electron chi connectivity index (χ3n) is 2.80. The second-order valence-corrected chi connectivity index (χ2v) is 8.17. The summed E-state index contributed by atoms with van der Waals surface area (Å²) in [5.74, 6) is -12.4. The highest BCUT2D eigenvalue weighted by molar-refractivity contribution is 7.92. The number of rotatable bonds is 8. The van der Waals surface area contributed by atoms with Crippen LogP contribution in [0.4, 0.5) is 26.3 Å². The van der Waals surface area contributed by atoms with Crippen molar-refractivity contribution >= 4 is 9.84 Å². The molecule has 0 fully saturated rings. The van der Waals surface area contributed by atoms with Gasteiger partial charge in [0.25, 0.3) is 0 Å². The van der Waals surface area contributed by atoms with Crippen molar-refractivity contribution in [2.24, 2.45) is 0 Å². The van der Waals surface area contributed by atoms with E-state index < -0.39 is 39.6 Å². The maximum absolute atomic E-state index is 13.3. The van der Waals surface area contributed by atoms with Crippen molar-refractivity contribution in [3.63, 3.8) is 0 Å². The highest BCUT2D eigenvalue weighted by atomic mass is 32.2. The Bertz CT molecular complexity index is 450. The van der Waals surface area contributed by atoms with Crippen molar-refractivity contribution in [1.29, 1.82) is 0 Å². The van der Waals surface area contributed by atoms with Gasteiger partial charge >= 0.3 is 17.1 Å². The van der Waals surface area contributed by atoms with Crippen LogP contribution in [0, 0.1) is 0 Å². The summed E-state index contributed by atoms with van der Waals surface area (Å²) >= 11 is 0. The summed E-state index contributed by atoms with van der Waals surface area (Å²) in [6, 6.07) is 0. The maximum atomic E-state index is 13.3. The molecule has 128 valence electrons. The minimum Gasteiger partial charge on any atom is -0.331 e. The molecule has 0 amide bonds. The van der Waals surface area contributed by atoms with Gasteiger partial charge in [0.05, 0.1) is 33.4 Å². The van der Waals surface area contributed by atoms with E-state index in [9.17, 15) is 34.8 Å². The van der Waals surface area contributed by atoms with E-state index in [1.54, 1.807) is 21.1 Å². The second kappa shape index (κ2) is 5.94. The first-order chi connectivity index (χ1) is 8.96. The number of hydrogen-bond donors (Lipinski definition) is 0. The molecule has 0 N–H and O–H groups in total. The normalized spacial score (nSPS) is 15.3. The van der Waals surface area contributed by atoms with Crippen LogP contribution >= 0.6 is 0 Å². The van der Waals surface area contributed by atoms with Crippen molar-refractivity contribution in [2.75, 3.05) is 33.4 Å². The summed E-state index contributed by atoms with van der Waals surface area (Å²) in [6.45, 7) is -0.00503. The minimum absolute atomic E-state index is 0.187. The lowest BCUT2D eigenvalue weighted by atomic mass is 10.2. The zero-order valence-electron chi connectivity index (χ0n) is 12.3. The van der Waals surface area contributed by atoms with Gasteiger partial charge in [-0.2, -0.15) is 26.3 Å². The predicted octanol–water partition coefficient (Wildman–Crippen LogP) is 2.77. The number of nitrogens with zero attached hydrogens (tertiary/aromatic N) is 1. The van der Waals surface area contributed by atoms with E-state index in [1.807, 2.05) is 0 Å². The minimum atomic E-state index is -5.96. The molecule has 0 atom stereocenters. The monoisotopic (exact) mass is 344 g/mol. The molecular formula is C11H20F6NO2S+. The van der Waals surface area contributed by atoms with Crippen molar-refractivity contribution in [3.05, 3.63) is 0 Å². The molecule has 0 radical (unpaired) electrons. The molecule has 0 aliphatic rings. The van der Waals surface area contributed by atoms with E-state index in [1.165, 1.54) is 0 Å². The zero-order chi connectivity index (χ0) is 17.3. The molecule has 21 heavy (non-hydrogen) atoms. The first-order valence-corrected chi connectivity index (χ1v) is 7.77. The number of sulfone groups is 1. The molecule has 10 heteroatoms. The molecule has 3 nitrogen and oxygen atoms in total. The molecule has 0 aliphatic carbocycles. The third kappa shape index (κ3) is 4.73. The van der Waals surface area contributed by atoms with Gasteiger partial charge in [0, 0.05) is 6.92 Å². The number of hydrogen-bond acceptors (Lipinski definition) is 2. The van der Waals surface area contributed by atoms with Crippen LogP contribution in [0.25, 0.3) is 0 Å². The van der Waals surface area contributed by atoms with Gasteiger partial charge in [-0.15, -0.1) is 0 Å². The molecule has 0 saturated heterocycles. The predicted molar refractivity (Wildman–Crippen MR) is 66.4 cm³/mol. The van der Waals surface area contributed by atoms with Crippen LogP contribution in [0.3, 0.4) is 0 Å². The van der Waals surface area contributed by atoms with E-state index >= 15 is 0 Å². The van der Waals surface area contributed by atoms with Gasteiger partial charge in [0.1, 0.15) is 0 Å². The molecule has 0 rings (SSSR count). The summed E-state index contributed by atoms with van der Waals surface area (Å²) in [4.78, 5) is 0. The standard InChI is InChI=1S/C11H20F6NO2S/c1-9(12,13)10(14,15)11(16,17)21(19,20)8-6-5-7-18(2,3)4/h5-8H2,1-4H3/q+1. The Kier molecular flexibility index (Phi) is 5.80. The SMILES string of the molecule is CC(F)(F)C(F)(F)C(F)(F)S(=O)(=O)CCCC[N+](C)(C)C. The number of halogens is 6. The van der Waals surface area contributed by atoms with Crippen molar-refractivity contribution in [3.8, 4) is 0 Å². The number of alkyl halides is 6. The third-order valence-corrected chi connectivity index (χ3v) is 4.66. The van der Waals surface area contributed by atoms with Crippen molar-refractivity contribution in [2.45, 2.75) is 36.9 Å². The summed E-state index contributed by atoms with van der Waals surface area (Å²) in [5, 5.41) is -5.81. The van der Waals surface area contributed by atoms with E-state index in [-0.39, 0.29) is 12.8 Å². The topological polar surface area (TPSA) is 34.1 Å². The molecule has 0 unspecified atom stereocenters. The fourth-order valence-corrected chi connectivity index (χ4v) is 2.87. The Morgan fingerprint density at radius 3 is 1.67 bits per heavy atom. The Morgan fingerprint density at radius 1 is 0.905 bits per heavy atom. The fraction of sp³-hybridized carbons (Fsp3) is 1.00. The lowest BCUT2D eigenvalue weighted by Crippen LogP contribution is -2.57. The molecule has 0 aromatic heterocycles. The van der Waals surface area contributed by atoms with Crippen LogP contribution in [0.2, 0.25) is 0 Å². The summed E-state index contributed by atoms with van der Waals surface area (Å²) in [5.41, 5.74) is 0. The Morgan fingerprint density at radius 2 is 1.33 bits per heavy atom. The van der Waals surface area contributed by atoms with Gasteiger partial charge in [0.15, 0.2) is 0 Å². The molecule has 0 heterocycles. The lowest BCUT2D eigenvalue weighted by Gasteiger charge is -2.30. The average Bonchev–Trinajstić information content (AvgIpc) is 2.21. The quantitative estimate of drug-likeness (QED) is 0.385. The van der Waals surface area contributed by atoms with Gasteiger partial charge in [-0.1, -0.05) is 0 Å². The molecule has 0 spiro atoms. The molecule has 0 aromatic carbocycles. The van der Waals surface area contributed by atoms with Crippen LogP contribution in [0.1, 0.15) is 19.8 Å². The first kappa shape index (κ1) is 20.5. The van der Waals surface area contributed by atoms with Gasteiger partial charge in [-0.3, -0.25) is 0 Å². The molecule has 0 saturated carbocycles. The second-order valence-electron chi connectivity index (χ2n) is 6.02. The number of unbranched alkanes of at least 4 members (excludes halogenated alkanes) is 1. The van der Waals surface area contributed by atoms with E-state index in [4.69, 9.17) is 0 Å². The highest BCUT2D eigenvalue weighted by Crippen LogP contribution is 2.48. The van der Waals surface area contributed by atoms with Crippen molar-refractivity contribution in [1.82, 2.24) is 0 Å². The van der Waals surface area contributed by atoms with Crippen LogP contribution in [0.15, 0.2) is 0 Å². The Hall–Kier alpha value is -0.510. The summed E-state index contributed by atoms with van der Waals surface area (Å²) in [6.07, 6.45) is -0.119. The molecule has 0 aromatic rings. The van der Waals surface area contributed by atoms with Crippen LogP contribution < -0.4 is 0 Å². The first-order valence-electron chi connectivity index (χ1n) is 6.12. The Balaban J connectivity index is 4.99. The van der Waals surface area contributed by atoms with Crippen LogP contribution in [-0.2, 0) is 9.84 Å².